The fraction of sp³-hybridized carbons (Fsp3) is 0. The van der Waals surface area contributed by atoms with Crippen molar-refractivity contribution in [3.63, 3.8) is 0 Å². The van der Waals surface area contributed by atoms with E-state index in [2.05, 4.69) is 45.3 Å². The Morgan fingerprint density at radius 1 is 1.00 bits per heavy atom. The summed E-state index contributed by atoms with van der Waals surface area (Å²) in [6, 6.07) is 0. The summed E-state index contributed by atoms with van der Waals surface area (Å²) in [6.45, 7) is 0. The van der Waals surface area contributed by atoms with Crippen LogP contribution < -0.4 is 0 Å². The third-order valence-corrected chi connectivity index (χ3v) is 0. The Balaban J connectivity index is -0.00000000400. The van der Waals surface area contributed by atoms with Crippen molar-refractivity contribution in [2.75, 3.05) is 0 Å². The molecule has 72 valence electrons. The van der Waals surface area contributed by atoms with E-state index in [0.717, 1.165) is 0 Å². The number of thiol groups is 2. The zero-order valence-electron chi connectivity index (χ0n) is 4.48. The number of hydrogen-bond acceptors (Lipinski definition) is 4. The molecule has 0 amide bonds. The van der Waals surface area contributed by atoms with Crippen molar-refractivity contribution in [3.05, 3.63) is 0 Å². The Morgan fingerprint density at radius 3 is 1.00 bits per heavy atom. The van der Waals surface area contributed by atoms with Gasteiger partial charge in [0.25, 0.3) is 0 Å². The molecule has 0 aromatic carbocycles. The van der Waals surface area contributed by atoms with Crippen molar-refractivity contribution in [2.24, 2.45) is 0 Å². The first-order valence-corrected chi connectivity index (χ1v) is 20.1. The van der Waals surface area contributed by atoms with E-state index in [1.165, 1.54) is 0 Å². The summed E-state index contributed by atoms with van der Waals surface area (Å²) in [5.74, 6) is 0. The predicted octanol–water partition coefficient (Wildman–Crippen LogP) is -0.775. The molecule has 0 aliphatic rings. The van der Waals surface area contributed by atoms with E-state index in [0.29, 0.717) is 0 Å². The molecule has 0 nitrogen and oxygen atoms in total. The van der Waals surface area contributed by atoms with E-state index in [4.69, 9.17) is 0 Å². The van der Waals surface area contributed by atoms with Crippen LogP contribution in [0.15, 0.2) is 0 Å². The fourth-order valence-corrected chi connectivity index (χ4v) is 0. The second kappa shape index (κ2) is 58.9. The summed E-state index contributed by atoms with van der Waals surface area (Å²) in [6.07, 6.45) is 0. The van der Waals surface area contributed by atoms with Gasteiger partial charge >= 0.3 is 73.5 Å². The van der Waals surface area contributed by atoms with Crippen LogP contribution in [0.25, 0.3) is 0 Å². The molecule has 0 heterocycles. The Bertz CT molecular complexity index is 76.1. The number of rotatable bonds is 0. The summed E-state index contributed by atoms with van der Waals surface area (Å²) < 4.78 is 0. The average Bonchev–Trinajstić information content (AvgIpc) is 1.39. The minimum atomic E-state index is -0.363. The molecule has 0 aliphatic carbocycles. The fourth-order valence-electron chi connectivity index (χ4n) is 0. The van der Waals surface area contributed by atoms with Crippen molar-refractivity contribution < 1.29 is 48.6 Å². The van der Waals surface area contributed by atoms with Gasteiger partial charge < -0.3 is 27.0 Å². The van der Waals surface area contributed by atoms with Gasteiger partial charge in [0, 0.05) is 54.6 Å². The predicted molar refractivity (Wildman–Crippen MR) is 55.7 cm³/mol. The van der Waals surface area contributed by atoms with Crippen molar-refractivity contribution in [2.45, 2.75) is 0 Å². The van der Waals surface area contributed by atoms with Crippen LogP contribution in [-0.4, -0.2) is 59.8 Å². The minimum absolute atomic E-state index is 0. The van der Waals surface area contributed by atoms with Gasteiger partial charge in [0.2, 0.25) is 0 Å². The van der Waals surface area contributed by atoms with Crippen LogP contribution in [0.3, 0.4) is 0 Å². The first kappa shape index (κ1) is 44.2. The maximum absolute atomic E-state index is 4.34. The van der Waals surface area contributed by atoms with Gasteiger partial charge in [-0.15, -0.1) is 0 Å². The van der Waals surface area contributed by atoms with E-state index in [1.54, 1.807) is 0 Å². The molecule has 0 unspecified atom stereocenters. The van der Waals surface area contributed by atoms with Crippen molar-refractivity contribution >= 4 is 106 Å². The molecule has 11 heavy (non-hydrogen) atoms. The molecular formula is H2MoPdS4Se4W. The molecule has 11 heteroatoms. The van der Waals surface area contributed by atoms with Crippen LogP contribution in [0.1, 0.15) is 0 Å². The van der Waals surface area contributed by atoms with Gasteiger partial charge in [-0.2, -0.15) is 0 Å². The van der Waals surface area contributed by atoms with Crippen molar-refractivity contribution in [3.8, 4) is 0 Å². The Labute approximate surface area is 151 Å². The summed E-state index contributed by atoms with van der Waals surface area (Å²) in [7, 11) is 8.68. The third kappa shape index (κ3) is 97.0. The summed E-state index contributed by atoms with van der Waals surface area (Å²) in [5, 5.41) is 0. The molecule has 0 fully saturated rings. The van der Waals surface area contributed by atoms with Crippen molar-refractivity contribution in [1.82, 2.24) is 0 Å². The summed E-state index contributed by atoms with van der Waals surface area (Å²) >= 11 is 5.47. The van der Waals surface area contributed by atoms with Crippen LogP contribution in [0.2, 0.25) is 0 Å². The molecule has 4 radical (unpaired) electrons. The molecule has 0 aromatic rings. The van der Waals surface area contributed by atoms with Gasteiger partial charge in [-0.3, -0.25) is 0 Å². The van der Waals surface area contributed by atoms with E-state index in [1.807, 2.05) is 0 Å². The molecule has 0 rings (SSSR count). The molecule has 0 bridgehead atoms. The van der Waals surface area contributed by atoms with Gasteiger partial charge in [0.1, 0.15) is 0 Å². The van der Waals surface area contributed by atoms with Crippen LogP contribution in [0, 0.1) is 0 Å². The molecule has 0 atom stereocenters. The molecule has 0 saturated heterocycles. The van der Waals surface area contributed by atoms with Crippen LogP contribution in [-0.2, 0) is 75.6 Å². The molecule has 0 spiro atoms. The molecule has 0 N–H and O–H groups in total. The Kier molecular flexibility index (Phi) is 236. The molecular weight excluding hydrogens is 830 g/mol. The second-order valence-electron chi connectivity index (χ2n) is 0.136. The van der Waals surface area contributed by atoms with Crippen LogP contribution >= 0.6 is 19.6 Å². The first-order valence-electron chi connectivity index (χ1n) is 0.667. The Morgan fingerprint density at radius 2 is 1.00 bits per heavy atom. The van der Waals surface area contributed by atoms with Gasteiger partial charge in [-0.05, 0) is 0 Å². The van der Waals surface area contributed by atoms with Gasteiger partial charge in [0.05, 0.1) is 0 Å². The zero-order chi connectivity index (χ0) is 5.41. The van der Waals surface area contributed by atoms with Gasteiger partial charge in [0.15, 0.2) is 0 Å². The van der Waals surface area contributed by atoms with E-state index in [9.17, 15) is 0 Å². The first-order chi connectivity index (χ1) is 2.83. The van der Waals surface area contributed by atoms with Crippen LogP contribution in [0.5, 0.6) is 0 Å². The second-order valence-corrected chi connectivity index (χ2v) is 18.7. The van der Waals surface area contributed by atoms with Gasteiger partial charge in [-0.25, -0.2) is 0 Å². The van der Waals surface area contributed by atoms with Crippen LogP contribution in [0.4, 0.5) is 0 Å². The molecule has 0 aromatic heterocycles. The quantitative estimate of drug-likeness (QED) is 0.179. The summed E-state index contributed by atoms with van der Waals surface area (Å²) in [5.41, 5.74) is 0. The standard InChI is InChI=1S/Mo.Pd.2H2S.2S.4Se.W/h;;2*1H2;;;;;;;/q+2;;;;;;;;;;/p-2. The topological polar surface area (TPSA) is 0 Å². The molecule has 0 saturated carbocycles. The third-order valence-electron chi connectivity index (χ3n) is 0. The zero-order valence-corrected chi connectivity index (χ0v) is 21.2. The SMILES string of the molecule is [Pd].[SH-].[SH-].[S]=[Mo+2]=[S].[Se].[Se].[Se]=[W]=[Se]. The Hall–Kier alpha value is 5.26. The number of hydrogen-bond donors (Lipinski definition) is 0. The summed E-state index contributed by atoms with van der Waals surface area (Å²) in [4.78, 5) is 0. The molecule has 0 aliphatic heterocycles. The van der Waals surface area contributed by atoms with E-state index < -0.39 is 0 Å². The normalized spacial score (nSPS) is 1.82. The maximum atomic E-state index is 4.34. The monoisotopic (exact) mass is 837 g/mol. The average molecular weight is 832 g/mol. The van der Waals surface area contributed by atoms with E-state index in [-0.39, 0.29) is 110 Å². The van der Waals surface area contributed by atoms with Gasteiger partial charge in [-0.1, -0.05) is 0 Å². The van der Waals surface area contributed by atoms with E-state index >= 15 is 0 Å². The van der Waals surface area contributed by atoms with Crippen molar-refractivity contribution in [1.29, 1.82) is 0 Å².